The predicted octanol–water partition coefficient (Wildman–Crippen LogP) is 1.88. The normalized spacial score (nSPS) is 22.9. The van der Waals surface area contributed by atoms with E-state index < -0.39 is 0 Å². The van der Waals surface area contributed by atoms with Gasteiger partial charge in [-0.25, -0.2) is 0 Å². The minimum Gasteiger partial charge on any atom is -0.341 e. The van der Waals surface area contributed by atoms with Crippen LogP contribution in [0.1, 0.15) is 40.0 Å². The molecule has 2 heterocycles. The minimum atomic E-state index is -0.230. The Morgan fingerprint density at radius 1 is 1.13 bits per heavy atom. The molecule has 0 aromatic carbocycles. The van der Waals surface area contributed by atoms with Gasteiger partial charge in [0, 0.05) is 31.8 Å². The molecule has 0 unspecified atom stereocenters. The van der Waals surface area contributed by atoms with E-state index in [2.05, 4.69) is 18.7 Å². The summed E-state index contributed by atoms with van der Waals surface area (Å²) >= 11 is 1.69. The van der Waals surface area contributed by atoms with Crippen LogP contribution in [0.3, 0.4) is 0 Å². The summed E-state index contributed by atoms with van der Waals surface area (Å²) in [5.74, 6) is 2.39. The average molecular weight is 342 g/mol. The summed E-state index contributed by atoms with van der Waals surface area (Å²) in [7, 11) is 0. The van der Waals surface area contributed by atoms with Gasteiger partial charge in [-0.3, -0.25) is 9.59 Å². The van der Waals surface area contributed by atoms with Crippen LogP contribution >= 0.6 is 11.8 Å². The molecule has 2 aliphatic heterocycles. The molecule has 0 spiro atoms. The van der Waals surface area contributed by atoms with Crippen LogP contribution in [0.5, 0.6) is 0 Å². The lowest BCUT2D eigenvalue weighted by atomic mass is 9.95. The number of nitrogens with zero attached hydrogens (tertiary/aromatic N) is 3. The van der Waals surface area contributed by atoms with E-state index in [1.165, 1.54) is 0 Å². The van der Waals surface area contributed by atoms with Gasteiger partial charge < -0.3 is 14.7 Å². The van der Waals surface area contributed by atoms with Crippen molar-refractivity contribution in [3.8, 4) is 0 Å². The summed E-state index contributed by atoms with van der Waals surface area (Å²) in [4.78, 5) is 31.0. The fourth-order valence-electron chi connectivity index (χ4n) is 3.49. The van der Waals surface area contributed by atoms with E-state index in [0.29, 0.717) is 18.2 Å². The number of carbonyl (C=O) groups excluding carboxylic acids is 2. The molecule has 0 radical (unpaired) electrons. The first-order chi connectivity index (χ1) is 11.1. The summed E-state index contributed by atoms with van der Waals surface area (Å²) in [6, 6.07) is -0.230. The topological polar surface area (TPSA) is 43.9 Å². The van der Waals surface area contributed by atoms with Crippen molar-refractivity contribution >= 4 is 23.6 Å². The Balaban J connectivity index is 1.84. The molecule has 0 bridgehead atoms. The Morgan fingerprint density at radius 3 is 2.35 bits per heavy atom. The van der Waals surface area contributed by atoms with E-state index in [1.54, 1.807) is 16.7 Å². The molecule has 2 rings (SSSR count). The van der Waals surface area contributed by atoms with Gasteiger partial charge in [-0.15, -0.1) is 11.8 Å². The SMILES string of the molecule is CCC(=O)N1CSC[C@H]1C(=O)N1CCC(CN(CC)CC)CC1. The molecule has 0 aromatic heterocycles. The molecule has 5 nitrogen and oxygen atoms in total. The van der Waals surface area contributed by atoms with Crippen molar-refractivity contribution in [1.29, 1.82) is 0 Å². The van der Waals surface area contributed by atoms with Crippen LogP contribution in [0.15, 0.2) is 0 Å². The van der Waals surface area contributed by atoms with Crippen molar-refractivity contribution in [1.82, 2.24) is 14.7 Å². The van der Waals surface area contributed by atoms with Gasteiger partial charge in [-0.05, 0) is 31.8 Å². The van der Waals surface area contributed by atoms with Crippen molar-refractivity contribution in [2.45, 2.75) is 46.1 Å². The fraction of sp³-hybridized carbons (Fsp3) is 0.882. The van der Waals surface area contributed by atoms with Crippen LogP contribution in [-0.4, -0.2) is 76.9 Å². The van der Waals surface area contributed by atoms with E-state index in [-0.39, 0.29) is 17.9 Å². The van der Waals surface area contributed by atoms with Gasteiger partial charge in [0.25, 0.3) is 0 Å². The van der Waals surface area contributed by atoms with E-state index in [9.17, 15) is 9.59 Å². The lowest BCUT2D eigenvalue weighted by Crippen LogP contribution is -2.51. The van der Waals surface area contributed by atoms with Gasteiger partial charge in [-0.2, -0.15) is 0 Å². The number of carbonyl (C=O) groups is 2. The van der Waals surface area contributed by atoms with Crippen molar-refractivity contribution in [2.24, 2.45) is 5.92 Å². The van der Waals surface area contributed by atoms with Crippen LogP contribution in [0, 0.1) is 5.92 Å². The first kappa shape index (κ1) is 18.6. The third kappa shape index (κ3) is 4.63. The fourth-order valence-corrected chi connectivity index (χ4v) is 4.66. The molecular formula is C17H31N3O2S. The maximum Gasteiger partial charge on any atom is 0.246 e. The molecule has 0 aromatic rings. The number of thioether (sulfide) groups is 1. The van der Waals surface area contributed by atoms with Crippen molar-refractivity contribution in [3.63, 3.8) is 0 Å². The van der Waals surface area contributed by atoms with E-state index in [0.717, 1.165) is 51.3 Å². The zero-order valence-electron chi connectivity index (χ0n) is 14.8. The number of piperidine rings is 1. The molecule has 1 atom stereocenters. The van der Waals surface area contributed by atoms with Crippen molar-refractivity contribution in [2.75, 3.05) is 44.4 Å². The summed E-state index contributed by atoms with van der Waals surface area (Å²) < 4.78 is 0. The second-order valence-corrected chi connectivity index (χ2v) is 7.49. The molecule has 0 saturated carbocycles. The molecule has 2 amide bonds. The average Bonchev–Trinajstić information content (AvgIpc) is 3.08. The zero-order valence-corrected chi connectivity index (χ0v) is 15.6. The summed E-state index contributed by atoms with van der Waals surface area (Å²) in [6.45, 7) is 11.3. The van der Waals surface area contributed by atoms with Crippen LogP contribution in [-0.2, 0) is 9.59 Å². The Morgan fingerprint density at radius 2 is 1.78 bits per heavy atom. The van der Waals surface area contributed by atoms with Gasteiger partial charge in [0.2, 0.25) is 11.8 Å². The Hall–Kier alpha value is -0.750. The standard InChI is InChI=1S/C17H31N3O2S/c1-4-16(21)20-13-23-12-15(20)17(22)19-9-7-14(8-10-19)11-18(5-2)6-3/h14-15H,4-13H2,1-3H3/t15-/m0/s1. The van der Waals surface area contributed by atoms with Crippen molar-refractivity contribution < 1.29 is 9.59 Å². The number of likely N-dealkylation sites (tertiary alicyclic amines) is 1. The number of hydrogen-bond acceptors (Lipinski definition) is 4. The number of rotatable bonds is 6. The van der Waals surface area contributed by atoms with E-state index in [1.807, 2.05) is 11.8 Å². The Bertz CT molecular complexity index is 407. The lowest BCUT2D eigenvalue weighted by Gasteiger charge is -2.36. The van der Waals surface area contributed by atoms with Gasteiger partial charge >= 0.3 is 0 Å². The largest absolute Gasteiger partial charge is 0.341 e. The second kappa shape index (κ2) is 8.92. The highest BCUT2D eigenvalue weighted by molar-refractivity contribution is 7.99. The molecule has 2 saturated heterocycles. The third-order valence-electron chi connectivity index (χ3n) is 5.13. The molecule has 6 heteroatoms. The monoisotopic (exact) mass is 341 g/mol. The maximum atomic E-state index is 12.8. The summed E-state index contributed by atoms with van der Waals surface area (Å²) in [5, 5.41) is 0. The Kier molecular flexibility index (Phi) is 7.21. The molecule has 2 fully saturated rings. The predicted molar refractivity (Wildman–Crippen MR) is 95.3 cm³/mol. The van der Waals surface area contributed by atoms with Gasteiger partial charge in [0.15, 0.2) is 0 Å². The van der Waals surface area contributed by atoms with Crippen LogP contribution < -0.4 is 0 Å². The second-order valence-electron chi connectivity index (χ2n) is 6.49. The first-order valence-corrected chi connectivity index (χ1v) is 10.1. The minimum absolute atomic E-state index is 0.102. The highest BCUT2D eigenvalue weighted by atomic mass is 32.2. The molecule has 0 aliphatic carbocycles. The number of hydrogen-bond donors (Lipinski definition) is 0. The van der Waals surface area contributed by atoms with Crippen LogP contribution in [0.25, 0.3) is 0 Å². The third-order valence-corrected chi connectivity index (χ3v) is 6.14. The highest BCUT2D eigenvalue weighted by Crippen LogP contribution is 2.26. The summed E-state index contributed by atoms with van der Waals surface area (Å²) in [6.07, 6.45) is 2.66. The summed E-state index contributed by atoms with van der Waals surface area (Å²) in [5.41, 5.74) is 0. The van der Waals surface area contributed by atoms with Gasteiger partial charge in [0.1, 0.15) is 6.04 Å². The van der Waals surface area contributed by atoms with Crippen molar-refractivity contribution in [3.05, 3.63) is 0 Å². The molecule has 23 heavy (non-hydrogen) atoms. The zero-order chi connectivity index (χ0) is 16.8. The number of amides is 2. The van der Waals surface area contributed by atoms with Gasteiger partial charge in [0.05, 0.1) is 5.88 Å². The maximum absolute atomic E-state index is 12.8. The smallest absolute Gasteiger partial charge is 0.246 e. The quantitative estimate of drug-likeness (QED) is 0.740. The highest BCUT2D eigenvalue weighted by Gasteiger charge is 2.37. The molecule has 0 N–H and O–H groups in total. The lowest BCUT2D eigenvalue weighted by molar-refractivity contribution is -0.144. The van der Waals surface area contributed by atoms with Gasteiger partial charge in [-0.1, -0.05) is 20.8 Å². The molecule has 2 aliphatic rings. The van der Waals surface area contributed by atoms with E-state index >= 15 is 0 Å². The van der Waals surface area contributed by atoms with E-state index in [4.69, 9.17) is 0 Å². The van der Waals surface area contributed by atoms with Crippen LogP contribution in [0.4, 0.5) is 0 Å². The van der Waals surface area contributed by atoms with Crippen LogP contribution in [0.2, 0.25) is 0 Å². The first-order valence-electron chi connectivity index (χ1n) is 8.98. The Labute approximate surface area is 144 Å². The molecule has 132 valence electrons. The molecular weight excluding hydrogens is 310 g/mol.